The van der Waals surface area contributed by atoms with Gasteiger partial charge in [0.25, 0.3) is 0 Å². The summed E-state index contributed by atoms with van der Waals surface area (Å²) in [4.78, 5) is 2.43. The first kappa shape index (κ1) is 17.8. The highest BCUT2D eigenvalue weighted by molar-refractivity contribution is 5.40. The molecule has 1 heterocycles. The van der Waals surface area contributed by atoms with Gasteiger partial charge < -0.3 is 14.6 Å². The third-order valence-corrected chi connectivity index (χ3v) is 5.00. The number of ether oxygens (including phenoxy) is 2. The van der Waals surface area contributed by atoms with Gasteiger partial charge in [0.05, 0.1) is 20.3 Å². The Morgan fingerprint density at radius 1 is 1.08 bits per heavy atom. The monoisotopic (exact) mass is 341 g/mol. The molecule has 134 valence electrons. The van der Waals surface area contributed by atoms with Crippen LogP contribution in [0.25, 0.3) is 0 Å². The second kappa shape index (κ2) is 8.37. The molecule has 0 radical (unpaired) electrons. The van der Waals surface area contributed by atoms with E-state index in [0.717, 1.165) is 49.5 Å². The summed E-state index contributed by atoms with van der Waals surface area (Å²) < 4.78 is 10.8. The molecule has 1 N–H and O–H groups in total. The highest BCUT2D eigenvalue weighted by Crippen LogP contribution is 2.30. The van der Waals surface area contributed by atoms with Crippen molar-refractivity contribution in [1.29, 1.82) is 0 Å². The second-order valence-electron chi connectivity index (χ2n) is 6.72. The minimum atomic E-state index is -0.275. The SMILES string of the molecule is COc1ccc(OC)c(CC2CN(Cc3ccccc3)CCC2O)c1. The number of rotatable bonds is 6. The standard InChI is InChI=1S/C21H27NO3/c1-24-19-8-9-21(25-2)17(13-19)12-18-15-22(11-10-20(18)23)14-16-6-4-3-5-7-16/h3-9,13,18,20,23H,10-12,14-15H2,1-2H3. The molecule has 0 bridgehead atoms. The van der Waals surface area contributed by atoms with Gasteiger partial charge >= 0.3 is 0 Å². The molecule has 0 spiro atoms. The molecule has 0 aromatic heterocycles. The third kappa shape index (κ3) is 4.53. The van der Waals surface area contributed by atoms with Crippen molar-refractivity contribution in [1.82, 2.24) is 4.90 Å². The molecule has 1 fully saturated rings. The molecule has 1 aliphatic rings. The molecule has 1 aliphatic heterocycles. The summed E-state index contributed by atoms with van der Waals surface area (Å²) in [7, 11) is 3.35. The Kier molecular flexibility index (Phi) is 5.95. The summed E-state index contributed by atoms with van der Waals surface area (Å²) in [5.41, 5.74) is 2.41. The molecule has 2 aromatic carbocycles. The molecule has 0 aliphatic carbocycles. The van der Waals surface area contributed by atoms with Crippen molar-refractivity contribution in [2.45, 2.75) is 25.5 Å². The van der Waals surface area contributed by atoms with Crippen LogP contribution in [0.3, 0.4) is 0 Å². The average Bonchev–Trinajstić information content (AvgIpc) is 2.65. The van der Waals surface area contributed by atoms with E-state index < -0.39 is 0 Å². The van der Waals surface area contributed by atoms with Crippen LogP contribution in [0, 0.1) is 5.92 Å². The molecule has 0 saturated carbocycles. The minimum absolute atomic E-state index is 0.193. The first-order chi connectivity index (χ1) is 12.2. The molecule has 2 unspecified atom stereocenters. The topological polar surface area (TPSA) is 41.9 Å². The van der Waals surface area contributed by atoms with E-state index in [1.54, 1.807) is 14.2 Å². The zero-order valence-corrected chi connectivity index (χ0v) is 15.0. The third-order valence-electron chi connectivity index (χ3n) is 5.00. The lowest BCUT2D eigenvalue weighted by Gasteiger charge is -2.36. The number of piperidine rings is 1. The van der Waals surface area contributed by atoms with Gasteiger partial charge in [-0.25, -0.2) is 0 Å². The van der Waals surface area contributed by atoms with E-state index in [1.807, 2.05) is 24.3 Å². The molecule has 1 saturated heterocycles. The maximum absolute atomic E-state index is 10.5. The van der Waals surface area contributed by atoms with E-state index in [0.29, 0.717) is 0 Å². The molecule has 0 amide bonds. The summed E-state index contributed by atoms with van der Waals surface area (Å²) >= 11 is 0. The number of methoxy groups -OCH3 is 2. The van der Waals surface area contributed by atoms with Crippen molar-refractivity contribution >= 4 is 0 Å². The normalized spacial score (nSPS) is 21.1. The fourth-order valence-corrected chi connectivity index (χ4v) is 3.60. The smallest absolute Gasteiger partial charge is 0.122 e. The van der Waals surface area contributed by atoms with Crippen molar-refractivity contribution in [3.8, 4) is 11.5 Å². The molecular weight excluding hydrogens is 314 g/mol. The van der Waals surface area contributed by atoms with Gasteiger partial charge in [0.2, 0.25) is 0 Å². The zero-order valence-electron chi connectivity index (χ0n) is 15.0. The Bertz CT molecular complexity index is 674. The van der Waals surface area contributed by atoms with Gasteiger partial charge in [0.15, 0.2) is 0 Å². The quantitative estimate of drug-likeness (QED) is 0.876. The fourth-order valence-electron chi connectivity index (χ4n) is 3.60. The highest BCUT2D eigenvalue weighted by atomic mass is 16.5. The molecule has 4 nitrogen and oxygen atoms in total. The van der Waals surface area contributed by atoms with Crippen LogP contribution in [0.5, 0.6) is 11.5 Å². The van der Waals surface area contributed by atoms with E-state index >= 15 is 0 Å². The van der Waals surface area contributed by atoms with Crippen LogP contribution in [-0.2, 0) is 13.0 Å². The van der Waals surface area contributed by atoms with Gasteiger partial charge in [0.1, 0.15) is 11.5 Å². The predicted octanol–water partition coefficient (Wildman–Crippen LogP) is 3.13. The van der Waals surface area contributed by atoms with Crippen LogP contribution in [0.2, 0.25) is 0 Å². The number of likely N-dealkylation sites (tertiary alicyclic amines) is 1. The summed E-state index contributed by atoms with van der Waals surface area (Å²) in [5, 5.41) is 10.5. The van der Waals surface area contributed by atoms with Gasteiger partial charge in [-0.1, -0.05) is 30.3 Å². The number of aliphatic hydroxyl groups excluding tert-OH is 1. The molecule has 25 heavy (non-hydrogen) atoms. The first-order valence-electron chi connectivity index (χ1n) is 8.85. The molecular formula is C21H27NO3. The number of hydrogen-bond donors (Lipinski definition) is 1. The molecule has 2 aromatic rings. The van der Waals surface area contributed by atoms with Crippen molar-refractivity contribution in [3.63, 3.8) is 0 Å². The predicted molar refractivity (Wildman–Crippen MR) is 99.1 cm³/mol. The zero-order chi connectivity index (χ0) is 17.6. The summed E-state index contributed by atoms with van der Waals surface area (Å²) in [6.45, 7) is 2.75. The Balaban J connectivity index is 1.70. The van der Waals surface area contributed by atoms with Gasteiger partial charge in [-0.2, -0.15) is 0 Å². The summed E-state index contributed by atoms with van der Waals surface area (Å²) in [6, 6.07) is 16.4. The fraction of sp³-hybridized carbons (Fsp3) is 0.429. The van der Waals surface area contributed by atoms with Crippen LogP contribution in [0.1, 0.15) is 17.5 Å². The maximum Gasteiger partial charge on any atom is 0.122 e. The lowest BCUT2D eigenvalue weighted by Crippen LogP contribution is -2.43. The lowest BCUT2D eigenvalue weighted by molar-refractivity contribution is 0.0237. The number of hydrogen-bond acceptors (Lipinski definition) is 4. The van der Waals surface area contributed by atoms with Crippen molar-refractivity contribution < 1.29 is 14.6 Å². The molecule has 3 rings (SSSR count). The minimum Gasteiger partial charge on any atom is -0.497 e. The number of nitrogens with zero attached hydrogens (tertiary/aromatic N) is 1. The maximum atomic E-state index is 10.5. The Morgan fingerprint density at radius 2 is 1.88 bits per heavy atom. The van der Waals surface area contributed by atoms with Crippen LogP contribution < -0.4 is 9.47 Å². The highest BCUT2D eigenvalue weighted by Gasteiger charge is 2.28. The van der Waals surface area contributed by atoms with Crippen LogP contribution in [0.4, 0.5) is 0 Å². The van der Waals surface area contributed by atoms with E-state index in [4.69, 9.17) is 9.47 Å². The van der Waals surface area contributed by atoms with Gasteiger partial charge in [-0.15, -0.1) is 0 Å². The number of aliphatic hydroxyl groups is 1. The Hall–Kier alpha value is -2.04. The lowest BCUT2D eigenvalue weighted by atomic mass is 9.88. The van der Waals surface area contributed by atoms with E-state index in [1.165, 1.54) is 5.56 Å². The van der Waals surface area contributed by atoms with Crippen LogP contribution in [-0.4, -0.2) is 43.4 Å². The molecule has 2 atom stereocenters. The summed E-state index contributed by atoms with van der Waals surface area (Å²) in [5.74, 6) is 1.87. The number of benzene rings is 2. The van der Waals surface area contributed by atoms with Crippen molar-refractivity contribution in [2.75, 3.05) is 27.3 Å². The average molecular weight is 341 g/mol. The Labute approximate surface area is 150 Å². The summed E-state index contributed by atoms with van der Waals surface area (Å²) in [6.07, 6.45) is 1.32. The van der Waals surface area contributed by atoms with Gasteiger partial charge in [-0.3, -0.25) is 4.90 Å². The van der Waals surface area contributed by atoms with Crippen LogP contribution >= 0.6 is 0 Å². The van der Waals surface area contributed by atoms with Crippen molar-refractivity contribution in [3.05, 3.63) is 59.7 Å². The van der Waals surface area contributed by atoms with E-state index in [-0.39, 0.29) is 12.0 Å². The van der Waals surface area contributed by atoms with Crippen molar-refractivity contribution in [2.24, 2.45) is 5.92 Å². The Morgan fingerprint density at radius 3 is 2.60 bits per heavy atom. The van der Waals surface area contributed by atoms with Gasteiger partial charge in [0, 0.05) is 25.6 Å². The van der Waals surface area contributed by atoms with E-state index in [9.17, 15) is 5.11 Å². The van der Waals surface area contributed by atoms with Gasteiger partial charge in [-0.05, 0) is 42.2 Å². The van der Waals surface area contributed by atoms with Crippen LogP contribution in [0.15, 0.2) is 48.5 Å². The van der Waals surface area contributed by atoms with E-state index in [2.05, 4.69) is 29.2 Å². The largest absolute Gasteiger partial charge is 0.497 e. The first-order valence-corrected chi connectivity index (χ1v) is 8.85. The second-order valence-corrected chi connectivity index (χ2v) is 6.72. The molecule has 4 heteroatoms.